The van der Waals surface area contributed by atoms with E-state index in [0.29, 0.717) is 15.8 Å². The summed E-state index contributed by atoms with van der Waals surface area (Å²) in [7, 11) is -5.30. The molecule has 0 bridgehead atoms. The van der Waals surface area contributed by atoms with Crippen molar-refractivity contribution in [3.05, 3.63) is 24.3 Å². The molecular formula is C38H70BF4FeP2Rh-. The average Bonchev–Trinajstić information content (AvgIpc) is 3.73. The zero-order valence-corrected chi connectivity index (χ0v) is 35.6. The van der Waals surface area contributed by atoms with Crippen molar-refractivity contribution < 1.29 is 53.8 Å². The van der Waals surface area contributed by atoms with Gasteiger partial charge in [0.15, 0.2) is 0 Å². The largest absolute Gasteiger partial charge is 0.673 e. The maximum Gasteiger partial charge on any atom is 0.673 e. The maximum atomic E-state index is 9.75. The Morgan fingerprint density at radius 3 is 0.809 bits per heavy atom. The molecule has 5 rings (SSSR count). The zero-order chi connectivity index (χ0) is 33.6. The van der Waals surface area contributed by atoms with Gasteiger partial charge in [0.1, 0.15) is 0 Å². The van der Waals surface area contributed by atoms with E-state index in [-0.39, 0.29) is 36.5 Å². The van der Waals surface area contributed by atoms with Crippen molar-refractivity contribution in [1.82, 2.24) is 0 Å². The fraction of sp³-hybridized carbons (Fsp3) is 0.895. The molecule has 2 saturated heterocycles. The Morgan fingerprint density at radius 2 is 0.638 bits per heavy atom. The van der Waals surface area contributed by atoms with Crippen LogP contribution < -0.4 is 0 Å². The predicted octanol–water partition coefficient (Wildman–Crippen LogP) is 14.5. The van der Waals surface area contributed by atoms with E-state index < -0.39 is 7.25 Å². The Labute approximate surface area is 315 Å². The second-order valence-electron chi connectivity index (χ2n) is 15.8. The minimum atomic E-state index is -6.00. The molecule has 281 valence electrons. The van der Waals surface area contributed by atoms with Crippen LogP contribution in [-0.4, -0.2) is 41.2 Å². The summed E-state index contributed by atoms with van der Waals surface area (Å²) in [4.78, 5) is 0. The summed E-state index contributed by atoms with van der Waals surface area (Å²) in [5.41, 5.74) is 6.71. The number of hydrogen-bond donors (Lipinski definition) is 0. The van der Waals surface area contributed by atoms with Gasteiger partial charge in [-0.15, -0.1) is 0 Å². The Balaban J connectivity index is 0.000000643. The molecule has 9 heteroatoms. The fourth-order valence-corrected chi connectivity index (χ4v) is 18.4. The van der Waals surface area contributed by atoms with Gasteiger partial charge in [-0.2, -0.15) is 0 Å². The maximum absolute atomic E-state index is 9.75. The van der Waals surface area contributed by atoms with Gasteiger partial charge in [-0.25, -0.2) is 0 Å². The van der Waals surface area contributed by atoms with Gasteiger partial charge in [0, 0.05) is 36.5 Å². The van der Waals surface area contributed by atoms with Crippen LogP contribution >= 0.6 is 15.8 Å². The van der Waals surface area contributed by atoms with Crippen LogP contribution in [0.3, 0.4) is 0 Å². The van der Waals surface area contributed by atoms with Crippen LogP contribution in [0.1, 0.15) is 158 Å². The third-order valence-corrected chi connectivity index (χ3v) is 20.2. The number of halogens is 4. The number of rotatable bonds is 6. The molecule has 4 unspecified atom stereocenters. The molecule has 0 aromatic heterocycles. The van der Waals surface area contributed by atoms with Crippen LogP contribution in [0.4, 0.5) is 17.3 Å². The molecule has 0 amide bonds. The summed E-state index contributed by atoms with van der Waals surface area (Å²) in [6.07, 6.45) is 32.6. The molecule has 0 spiro atoms. The van der Waals surface area contributed by atoms with Gasteiger partial charge in [0.2, 0.25) is 0 Å². The Bertz CT molecular complexity index is 730. The molecule has 5 aliphatic rings. The normalized spacial score (nSPS) is 29.7. The topological polar surface area (TPSA) is 0 Å². The summed E-state index contributed by atoms with van der Waals surface area (Å²) in [6.45, 7) is 19.8. The first kappa shape index (κ1) is 48.3. The minimum absolute atomic E-state index is 0. The second-order valence-corrected chi connectivity index (χ2v) is 21.7. The average molecular weight is 834 g/mol. The standard InChI is InChI=1S/2C15H29P.C8H12.BF4.Fe.Rh/c2*1-11(2)14-9-10-15(12(3)4)16(14)13-7-5-6-8-13;1-2-4-6-8-7-5-3-1;2-1(3,4)5;;/h2*11-15H,5-10H2,1-4H3;1-2,7-8H,3-6H2;;;/q;;;-1;;. The predicted molar refractivity (Wildman–Crippen MR) is 198 cm³/mol. The molecule has 0 N–H and O–H groups in total. The first-order chi connectivity index (χ1) is 21.2. The van der Waals surface area contributed by atoms with Gasteiger partial charge in [-0.1, -0.05) is 121 Å². The van der Waals surface area contributed by atoms with Gasteiger partial charge in [0.05, 0.1) is 0 Å². The minimum Gasteiger partial charge on any atom is -0.418 e. The monoisotopic (exact) mass is 834 g/mol. The van der Waals surface area contributed by atoms with E-state index in [2.05, 4.69) is 79.7 Å². The summed E-state index contributed by atoms with van der Waals surface area (Å²) < 4.78 is 39.0. The van der Waals surface area contributed by atoms with E-state index in [0.717, 1.165) is 57.6 Å². The molecule has 0 nitrogen and oxygen atoms in total. The van der Waals surface area contributed by atoms with Gasteiger partial charge in [-0.05, 0) is 135 Å². The van der Waals surface area contributed by atoms with Crippen LogP contribution in [0.25, 0.3) is 0 Å². The van der Waals surface area contributed by atoms with Crippen molar-refractivity contribution in [1.29, 1.82) is 0 Å². The molecule has 3 aliphatic carbocycles. The van der Waals surface area contributed by atoms with Crippen LogP contribution in [-0.2, 0) is 36.5 Å². The molecule has 2 saturated carbocycles. The van der Waals surface area contributed by atoms with Crippen molar-refractivity contribution in [2.24, 2.45) is 23.7 Å². The van der Waals surface area contributed by atoms with Crippen LogP contribution in [0.2, 0.25) is 0 Å². The van der Waals surface area contributed by atoms with Crippen LogP contribution in [0, 0.1) is 23.7 Å². The molecule has 0 aromatic rings. The number of hydrogen-bond acceptors (Lipinski definition) is 0. The summed E-state index contributed by atoms with van der Waals surface area (Å²) >= 11 is 0. The molecule has 4 atom stereocenters. The quantitative estimate of drug-likeness (QED) is 0.108. The van der Waals surface area contributed by atoms with Crippen molar-refractivity contribution in [3.8, 4) is 0 Å². The first-order valence-corrected chi connectivity index (χ1v) is 22.0. The number of allylic oxidation sites excluding steroid dienone is 4. The smallest absolute Gasteiger partial charge is 0.418 e. The third kappa shape index (κ3) is 18.0. The zero-order valence-electron chi connectivity index (χ0n) is 31.1. The van der Waals surface area contributed by atoms with E-state index in [9.17, 15) is 17.3 Å². The molecular weight excluding hydrogens is 764 g/mol. The Kier molecular flexibility index (Phi) is 26.0. The molecule has 2 heterocycles. The molecule has 1 radical (unpaired) electrons. The van der Waals surface area contributed by atoms with Crippen LogP contribution in [0.15, 0.2) is 24.3 Å². The van der Waals surface area contributed by atoms with Crippen molar-refractivity contribution in [2.75, 3.05) is 0 Å². The van der Waals surface area contributed by atoms with E-state index in [1.807, 2.05) is 0 Å². The van der Waals surface area contributed by atoms with E-state index in [4.69, 9.17) is 0 Å². The fourth-order valence-electron chi connectivity index (χ4n) is 8.83. The summed E-state index contributed by atoms with van der Waals surface area (Å²) in [5.74, 6) is 3.76. The van der Waals surface area contributed by atoms with Crippen molar-refractivity contribution >= 4 is 23.1 Å². The van der Waals surface area contributed by atoms with Gasteiger partial charge in [-0.3, -0.25) is 0 Å². The SMILES string of the molecule is C1=CCCC=CCC1.CC(C)C1CCC(C(C)C)P1C1CCCC1.CC(C)C1CCC(C(C)C)P1C1CCCC1.F[B-](F)(F)F.[Fe].[Rh]. The van der Waals surface area contributed by atoms with Crippen molar-refractivity contribution in [3.63, 3.8) is 0 Å². The van der Waals surface area contributed by atoms with Crippen LogP contribution in [0.5, 0.6) is 0 Å². The molecule has 0 aromatic carbocycles. The van der Waals surface area contributed by atoms with E-state index in [1.54, 1.807) is 51.4 Å². The van der Waals surface area contributed by atoms with E-state index >= 15 is 0 Å². The van der Waals surface area contributed by atoms with E-state index in [1.165, 1.54) is 51.4 Å². The third-order valence-electron chi connectivity index (χ3n) is 11.0. The van der Waals surface area contributed by atoms with Gasteiger partial charge < -0.3 is 17.3 Å². The Hall–Kier alpha value is 1.27. The van der Waals surface area contributed by atoms with Gasteiger partial charge >= 0.3 is 7.25 Å². The molecule has 4 fully saturated rings. The summed E-state index contributed by atoms with van der Waals surface area (Å²) in [5, 5.41) is 0. The molecule has 47 heavy (non-hydrogen) atoms. The van der Waals surface area contributed by atoms with Crippen molar-refractivity contribution in [2.45, 2.75) is 192 Å². The first-order valence-electron chi connectivity index (χ1n) is 18.9. The second kappa shape index (κ2) is 25.3. The summed E-state index contributed by atoms with van der Waals surface area (Å²) in [6, 6.07) is 0. The Morgan fingerprint density at radius 1 is 0.447 bits per heavy atom. The van der Waals surface area contributed by atoms with Gasteiger partial charge in [0.25, 0.3) is 0 Å². The molecule has 2 aliphatic heterocycles.